The van der Waals surface area contributed by atoms with Crippen LogP contribution in [0, 0.1) is 12.8 Å². The minimum atomic E-state index is -0.287. The number of thioether (sulfide) groups is 1. The van der Waals surface area contributed by atoms with Gasteiger partial charge in [0.05, 0.1) is 12.5 Å². The number of rotatable bonds is 2. The van der Waals surface area contributed by atoms with Gasteiger partial charge in [-0.25, -0.2) is 4.98 Å². The molecule has 23 heavy (non-hydrogen) atoms. The van der Waals surface area contributed by atoms with Gasteiger partial charge >= 0.3 is 0 Å². The molecule has 2 amide bonds. The fourth-order valence-corrected chi connectivity index (χ4v) is 4.15. The van der Waals surface area contributed by atoms with Gasteiger partial charge in [0.15, 0.2) is 5.16 Å². The molecule has 0 spiro atoms. The van der Waals surface area contributed by atoms with Gasteiger partial charge in [0.25, 0.3) is 5.56 Å². The van der Waals surface area contributed by atoms with Crippen LogP contribution in [0.15, 0.2) is 9.95 Å². The molecule has 3 heterocycles. The van der Waals surface area contributed by atoms with E-state index in [1.807, 2.05) is 13.8 Å². The van der Waals surface area contributed by atoms with Crippen LogP contribution in [-0.2, 0) is 22.6 Å². The number of amides is 2. The summed E-state index contributed by atoms with van der Waals surface area (Å²) in [7, 11) is 0. The molecule has 0 bridgehead atoms. The van der Waals surface area contributed by atoms with Crippen molar-refractivity contribution in [3.05, 3.63) is 21.6 Å². The average molecular weight is 336 g/mol. The maximum absolute atomic E-state index is 12.6. The largest absolute Gasteiger partial charge is 0.353 e. The third-order valence-electron chi connectivity index (χ3n) is 4.30. The molecule has 2 aliphatic heterocycles. The van der Waals surface area contributed by atoms with Crippen LogP contribution in [0.1, 0.15) is 18.2 Å². The molecule has 1 atom stereocenters. The topological polar surface area (TPSA) is 84.3 Å². The van der Waals surface area contributed by atoms with Crippen LogP contribution in [0.2, 0.25) is 0 Å². The molecule has 0 aliphatic carbocycles. The molecular formula is C15H20N4O3S. The summed E-state index contributed by atoms with van der Waals surface area (Å²) in [6.45, 7) is 5.25. The molecule has 2 aliphatic rings. The number of aryl methyl sites for hydroxylation is 1. The summed E-state index contributed by atoms with van der Waals surface area (Å²) >= 11 is 1.44. The second kappa shape index (κ2) is 6.35. The number of hydrogen-bond acceptors (Lipinski definition) is 5. The van der Waals surface area contributed by atoms with Gasteiger partial charge in [-0.05, 0) is 13.3 Å². The van der Waals surface area contributed by atoms with E-state index in [1.165, 1.54) is 11.8 Å². The fourth-order valence-electron chi connectivity index (χ4n) is 3.04. The van der Waals surface area contributed by atoms with Gasteiger partial charge in [-0.3, -0.25) is 19.0 Å². The fraction of sp³-hybridized carbons (Fsp3) is 0.600. The van der Waals surface area contributed by atoms with Crippen LogP contribution in [0.3, 0.4) is 0 Å². The Morgan fingerprint density at radius 1 is 1.43 bits per heavy atom. The first-order valence-corrected chi connectivity index (χ1v) is 8.78. The Morgan fingerprint density at radius 2 is 2.22 bits per heavy atom. The zero-order chi connectivity index (χ0) is 16.6. The highest BCUT2D eigenvalue weighted by Crippen LogP contribution is 2.27. The highest BCUT2D eigenvalue weighted by molar-refractivity contribution is 7.99. The zero-order valence-corrected chi connectivity index (χ0v) is 14.1. The van der Waals surface area contributed by atoms with Gasteiger partial charge < -0.3 is 10.2 Å². The maximum atomic E-state index is 12.6. The van der Waals surface area contributed by atoms with Crippen molar-refractivity contribution in [2.45, 2.75) is 32.0 Å². The number of nitrogens with zero attached hydrogens (tertiary/aromatic N) is 3. The lowest BCUT2D eigenvalue weighted by atomic mass is 10.1. The molecule has 1 unspecified atom stereocenters. The lowest BCUT2D eigenvalue weighted by molar-refractivity contribution is -0.141. The summed E-state index contributed by atoms with van der Waals surface area (Å²) in [6.07, 6.45) is 0.632. The van der Waals surface area contributed by atoms with Crippen molar-refractivity contribution in [2.24, 2.45) is 5.92 Å². The Morgan fingerprint density at radius 3 is 2.91 bits per heavy atom. The molecule has 1 fully saturated rings. The van der Waals surface area contributed by atoms with Crippen LogP contribution in [0.25, 0.3) is 0 Å². The summed E-state index contributed by atoms with van der Waals surface area (Å²) < 4.78 is 1.62. The predicted octanol–water partition coefficient (Wildman–Crippen LogP) is -0.206. The van der Waals surface area contributed by atoms with Crippen molar-refractivity contribution in [1.82, 2.24) is 19.8 Å². The lowest BCUT2D eigenvalue weighted by Crippen LogP contribution is -2.53. The van der Waals surface area contributed by atoms with E-state index in [2.05, 4.69) is 10.3 Å². The van der Waals surface area contributed by atoms with Crippen LogP contribution < -0.4 is 10.9 Å². The van der Waals surface area contributed by atoms with Gasteiger partial charge in [0.1, 0.15) is 0 Å². The van der Waals surface area contributed by atoms with Crippen LogP contribution >= 0.6 is 11.8 Å². The van der Waals surface area contributed by atoms with Crippen molar-refractivity contribution in [3.8, 4) is 0 Å². The molecule has 0 aromatic carbocycles. The van der Waals surface area contributed by atoms with Crippen molar-refractivity contribution >= 4 is 23.6 Å². The van der Waals surface area contributed by atoms with E-state index < -0.39 is 0 Å². The van der Waals surface area contributed by atoms with E-state index in [0.29, 0.717) is 42.5 Å². The Balaban J connectivity index is 1.83. The highest BCUT2D eigenvalue weighted by Gasteiger charge is 2.32. The average Bonchev–Trinajstić information content (AvgIpc) is 2.54. The minimum absolute atomic E-state index is 0.0450. The van der Waals surface area contributed by atoms with E-state index in [4.69, 9.17) is 0 Å². The summed E-state index contributed by atoms with van der Waals surface area (Å²) in [6, 6.07) is 0. The molecule has 124 valence electrons. The van der Waals surface area contributed by atoms with E-state index in [9.17, 15) is 14.4 Å². The quantitative estimate of drug-likeness (QED) is 0.756. The molecule has 3 rings (SSSR count). The normalized spacial score (nSPS) is 20.9. The number of hydrogen-bond donors (Lipinski definition) is 1. The summed E-state index contributed by atoms with van der Waals surface area (Å²) in [5, 5.41) is 3.40. The molecule has 0 radical (unpaired) electrons. The summed E-state index contributed by atoms with van der Waals surface area (Å²) in [5.74, 6) is 0.124. The van der Waals surface area contributed by atoms with Gasteiger partial charge in [0, 0.05) is 36.6 Å². The number of fused-ring (bicyclic) bond motifs is 1. The number of aromatic nitrogens is 2. The Hall–Kier alpha value is -1.83. The van der Waals surface area contributed by atoms with E-state index >= 15 is 0 Å². The number of piperazine rings is 1. The van der Waals surface area contributed by atoms with Gasteiger partial charge in [0.2, 0.25) is 11.8 Å². The second-order valence-electron chi connectivity index (χ2n) is 5.85. The van der Waals surface area contributed by atoms with Gasteiger partial charge in [-0.15, -0.1) is 0 Å². The third kappa shape index (κ3) is 2.99. The van der Waals surface area contributed by atoms with E-state index in [-0.39, 0.29) is 29.8 Å². The Kier molecular flexibility index (Phi) is 4.43. The van der Waals surface area contributed by atoms with Crippen molar-refractivity contribution in [2.75, 3.05) is 25.4 Å². The van der Waals surface area contributed by atoms with E-state index in [0.717, 1.165) is 5.69 Å². The smallest absolute Gasteiger partial charge is 0.257 e. The third-order valence-corrected chi connectivity index (χ3v) is 5.44. The van der Waals surface area contributed by atoms with Crippen molar-refractivity contribution < 1.29 is 9.59 Å². The molecule has 0 saturated carbocycles. The zero-order valence-electron chi connectivity index (χ0n) is 13.3. The second-order valence-corrected chi connectivity index (χ2v) is 6.83. The van der Waals surface area contributed by atoms with Crippen LogP contribution in [0.4, 0.5) is 0 Å². The predicted molar refractivity (Wildman–Crippen MR) is 86.4 cm³/mol. The Labute approximate surface area is 138 Å². The molecule has 1 aromatic heterocycles. The monoisotopic (exact) mass is 336 g/mol. The number of carbonyl (C=O) groups is 2. The first kappa shape index (κ1) is 16.0. The SMILES string of the molecule is CCc1c(C)nc2n(c1=O)CC(C(=O)N1CCNC(=O)C1)CS2. The Bertz CT molecular complexity index is 715. The first-order chi connectivity index (χ1) is 11.0. The van der Waals surface area contributed by atoms with Crippen molar-refractivity contribution in [1.29, 1.82) is 0 Å². The van der Waals surface area contributed by atoms with E-state index in [1.54, 1.807) is 9.47 Å². The number of carbonyl (C=O) groups excluding carboxylic acids is 2. The van der Waals surface area contributed by atoms with Crippen molar-refractivity contribution in [3.63, 3.8) is 0 Å². The number of nitrogens with one attached hydrogen (secondary N) is 1. The van der Waals surface area contributed by atoms with Crippen LogP contribution in [0.5, 0.6) is 0 Å². The molecule has 1 saturated heterocycles. The maximum Gasteiger partial charge on any atom is 0.257 e. The van der Waals surface area contributed by atoms with Gasteiger partial charge in [-0.2, -0.15) is 0 Å². The summed E-state index contributed by atoms with van der Waals surface area (Å²) in [5.41, 5.74) is 1.44. The minimum Gasteiger partial charge on any atom is -0.353 e. The van der Waals surface area contributed by atoms with Gasteiger partial charge in [-0.1, -0.05) is 18.7 Å². The lowest BCUT2D eigenvalue weighted by Gasteiger charge is -2.32. The first-order valence-electron chi connectivity index (χ1n) is 7.79. The highest BCUT2D eigenvalue weighted by atomic mass is 32.2. The molecule has 7 nitrogen and oxygen atoms in total. The molecule has 1 N–H and O–H groups in total. The molecule has 1 aromatic rings. The van der Waals surface area contributed by atoms with Crippen LogP contribution in [-0.4, -0.2) is 51.7 Å². The standard InChI is InChI=1S/C15H20N4O3S/c1-3-11-9(2)17-15-19(14(11)22)6-10(8-23-15)13(21)18-5-4-16-12(20)7-18/h10H,3-8H2,1-2H3,(H,16,20). The summed E-state index contributed by atoms with van der Waals surface area (Å²) in [4.78, 5) is 42.8. The molecule has 8 heteroatoms. The molecular weight excluding hydrogens is 316 g/mol.